The average Bonchev–Trinajstić information content (AvgIpc) is 3.25. The van der Waals surface area contributed by atoms with Crippen LogP contribution in [-0.2, 0) is 6.42 Å². The van der Waals surface area contributed by atoms with Crippen molar-refractivity contribution in [3.05, 3.63) is 51.9 Å². The minimum atomic E-state index is -0.347. The molecule has 2 aromatic heterocycles. The van der Waals surface area contributed by atoms with E-state index < -0.39 is 0 Å². The van der Waals surface area contributed by atoms with Gasteiger partial charge >= 0.3 is 0 Å². The Labute approximate surface area is 186 Å². The monoisotopic (exact) mass is 439 g/mol. The first-order valence-corrected chi connectivity index (χ1v) is 12.0. The molecule has 0 saturated carbocycles. The van der Waals surface area contributed by atoms with Crippen molar-refractivity contribution < 1.29 is 9.84 Å². The Morgan fingerprint density at radius 1 is 1.23 bits per heavy atom. The molecule has 5 rings (SSSR count). The molecule has 0 amide bonds. The van der Waals surface area contributed by atoms with Crippen LogP contribution >= 0.6 is 11.3 Å². The summed E-state index contributed by atoms with van der Waals surface area (Å²) in [7, 11) is 2.24. The smallest absolute Gasteiger partial charge is 0.275 e. The molecule has 2 fully saturated rings. The van der Waals surface area contributed by atoms with Crippen LogP contribution in [0.1, 0.15) is 43.9 Å². The van der Waals surface area contributed by atoms with E-state index in [0.717, 1.165) is 41.1 Å². The van der Waals surface area contributed by atoms with Crippen LogP contribution < -0.4 is 10.3 Å². The summed E-state index contributed by atoms with van der Waals surface area (Å²) < 4.78 is 8.53. The topological polar surface area (TPSA) is 67.6 Å². The Morgan fingerprint density at radius 3 is 2.61 bits per heavy atom. The van der Waals surface area contributed by atoms with Gasteiger partial charge in [0.2, 0.25) is 0 Å². The van der Waals surface area contributed by atoms with Crippen LogP contribution in [0.25, 0.3) is 15.9 Å². The Kier molecular flexibility index (Phi) is 5.58. The highest BCUT2D eigenvalue weighted by atomic mass is 32.1. The van der Waals surface area contributed by atoms with Crippen molar-refractivity contribution in [2.24, 2.45) is 0 Å². The Balaban J connectivity index is 1.32. The molecule has 0 radical (unpaired) electrons. The molecule has 2 aliphatic rings. The van der Waals surface area contributed by atoms with E-state index in [1.165, 1.54) is 24.2 Å². The van der Waals surface area contributed by atoms with Gasteiger partial charge in [-0.05, 0) is 82.8 Å². The molecular formula is C24H29N3O3S. The number of fused-ring (bicyclic) bond motifs is 3. The van der Waals surface area contributed by atoms with Gasteiger partial charge in [0.15, 0.2) is 0 Å². The van der Waals surface area contributed by atoms with Crippen molar-refractivity contribution in [3.63, 3.8) is 0 Å². The summed E-state index contributed by atoms with van der Waals surface area (Å²) in [5.74, 6) is 0.858. The summed E-state index contributed by atoms with van der Waals surface area (Å²) in [5.41, 5.74) is 1.46. The van der Waals surface area contributed by atoms with Gasteiger partial charge in [0.1, 0.15) is 22.9 Å². The molecule has 2 bridgehead atoms. The standard InChI is InChI=1S/C24H29N3O3S/c1-15(28)3-10-21-13-22-23(31-21)24(29)27(14-25-22)16-6-8-19(9-7-16)30-20-11-17-4-5-18(12-20)26(17)2/h6-9,13-15,17-18,20,28H,3-5,10-12H2,1-2H3/t15?,17-,18+,20?. The van der Waals surface area contributed by atoms with Crippen molar-refractivity contribution in [3.8, 4) is 11.4 Å². The van der Waals surface area contributed by atoms with Gasteiger partial charge in [-0.2, -0.15) is 0 Å². The summed E-state index contributed by atoms with van der Waals surface area (Å²) in [5, 5.41) is 9.51. The second-order valence-electron chi connectivity index (χ2n) is 8.99. The summed E-state index contributed by atoms with van der Waals surface area (Å²) >= 11 is 1.47. The fourth-order valence-corrected chi connectivity index (χ4v) is 6.01. The zero-order valence-corrected chi connectivity index (χ0v) is 18.8. The molecular weight excluding hydrogens is 410 g/mol. The molecule has 0 aliphatic carbocycles. The van der Waals surface area contributed by atoms with E-state index in [-0.39, 0.29) is 17.8 Å². The van der Waals surface area contributed by atoms with Crippen LogP contribution in [0.5, 0.6) is 5.75 Å². The van der Waals surface area contributed by atoms with Crippen LogP contribution in [0.15, 0.2) is 41.5 Å². The number of benzene rings is 1. The molecule has 4 heterocycles. The summed E-state index contributed by atoms with van der Waals surface area (Å²) in [6.07, 6.45) is 7.69. The first-order valence-electron chi connectivity index (χ1n) is 11.1. The molecule has 2 unspecified atom stereocenters. The van der Waals surface area contributed by atoms with Crippen LogP contribution in [0, 0.1) is 0 Å². The number of hydrogen-bond donors (Lipinski definition) is 1. The van der Waals surface area contributed by atoms with Crippen LogP contribution in [-0.4, -0.2) is 50.9 Å². The van der Waals surface area contributed by atoms with Gasteiger partial charge in [-0.25, -0.2) is 4.98 Å². The van der Waals surface area contributed by atoms with Crippen LogP contribution in [0.3, 0.4) is 0 Å². The fraction of sp³-hybridized carbons (Fsp3) is 0.500. The molecule has 1 aromatic carbocycles. The van der Waals surface area contributed by atoms with E-state index in [4.69, 9.17) is 4.74 Å². The van der Waals surface area contributed by atoms with Gasteiger partial charge in [0.05, 0.1) is 17.3 Å². The lowest BCUT2D eigenvalue weighted by molar-refractivity contribution is 0.0662. The minimum Gasteiger partial charge on any atom is -0.490 e. The molecule has 164 valence electrons. The number of ether oxygens (including phenoxy) is 1. The maximum Gasteiger partial charge on any atom is 0.275 e. The van der Waals surface area contributed by atoms with Gasteiger partial charge < -0.3 is 14.7 Å². The molecule has 1 N–H and O–H groups in total. The average molecular weight is 440 g/mol. The van der Waals surface area contributed by atoms with E-state index in [1.54, 1.807) is 17.8 Å². The highest BCUT2D eigenvalue weighted by Gasteiger charge is 2.39. The van der Waals surface area contributed by atoms with Crippen molar-refractivity contribution >= 4 is 21.6 Å². The Bertz CT molecular complexity index is 1110. The van der Waals surface area contributed by atoms with Crippen LogP contribution in [0.4, 0.5) is 0 Å². The number of piperidine rings is 1. The van der Waals surface area contributed by atoms with E-state index in [9.17, 15) is 9.90 Å². The van der Waals surface area contributed by atoms with Gasteiger partial charge in [0, 0.05) is 17.0 Å². The van der Waals surface area contributed by atoms with Crippen LogP contribution in [0.2, 0.25) is 0 Å². The third kappa shape index (κ3) is 4.14. The zero-order valence-electron chi connectivity index (χ0n) is 18.0. The molecule has 31 heavy (non-hydrogen) atoms. The largest absolute Gasteiger partial charge is 0.490 e. The highest BCUT2D eigenvalue weighted by molar-refractivity contribution is 7.18. The summed E-state index contributed by atoms with van der Waals surface area (Å²) in [6.45, 7) is 1.78. The molecule has 2 saturated heterocycles. The number of aryl methyl sites for hydroxylation is 1. The van der Waals surface area contributed by atoms with E-state index >= 15 is 0 Å². The molecule has 7 heteroatoms. The van der Waals surface area contributed by atoms with Gasteiger partial charge in [-0.1, -0.05) is 0 Å². The number of aliphatic hydroxyl groups excluding tert-OH is 1. The minimum absolute atomic E-state index is 0.0566. The fourth-order valence-electron chi connectivity index (χ4n) is 4.96. The number of aromatic nitrogens is 2. The predicted octanol–water partition coefficient (Wildman–Crippen LogP) is 3.76. The third-order valence-electron chi connectivity index (χ3n) is 6.77. The Morgan fingerprint density at radius 2 is 1.94 bits per heavy atom. The van der Waals surface area contributed by atoms with E-state index in [1.807, 2.05) is 30.3 Å². The first kappa shape index (κ1) is 20.7. The second-order valence-corrected chi connectivity index (χ2v) is 10.1. The van der Waals surface area contributed by atoms with Crippen molar-refractivity contribution in [2.75, 3.05) is 7.05 Å². The van der Waals surface area contributed by atoms with Crippen molar-refractivity contribution in [1.82, 2.24) is 14.5 Å². The Hall–Kier alpha value is -2.22. The van der Waals surface area contributed by atoms with E-state index in [0.29, 0.717) is 23.2 Å². The number of nitrogens with zero attached hydrogens (tertiary/aromatic N) is 3. The lowest BCUT2D eigenvalue weighted by Crippen LogP contribution is -2.43. The number of hydrogen-bond acceptors (Lipinski definition) is 6. The van der Waals surface area contributed by atoms with E-state index in [2.05, 4.69) is 16.9 Å². The van der Waals surface area contributed by atoms with Crippen molar-refractivity contribution in [2.45, 2.75) is 69.7 Å². The molecule has 2 aliphatic heterocycles. The lowest BCUT2D eigenvalue weighted by atomic mass is 10.0. The number of rotatable bonds is 6. The quantitative estimate of drug-likeness (QED) is 0.633. The highest BCUT2D eigenvalue weighted by Crippen LogP contribution is 2.36. The third-order valence-corrected chi connectivity index (χ3v) is 7.94. The van der Waals surface area contributed by atoms with Gasteiger partial charge in [0.25, 0.3) is 5.56 Å². The molecule has 0 spiro atoms. The first-order chi connectivity index (χ1) is 15.0. The summed E-state index contributed by atoms with van der Waals surface area (Å²) in [6, 6.07) is 11.0. The number of aliphatic hydroxyl groups is 1. The van der Waals surface area contributed by atoms with Gasteiger partial charge in [-0.15, -0.1) is 11.3 Å². The van der Waals surface area contributed by atoms with Crippen molar-refractivity contribution in [1.29, 1.82) is 0 Å². The molecule has 4 atom stereocenters. The second kappa shape index (κ2) is 8.37. The predicted molar refractivity (Wildman–Crippen MR) is 123 cm³/mol. The zero-order chi connectivity index (χ0) is 21.5. The maximum absolute atomic E-state index is 13.0. The summed E-state index contributed by atoms with van der Waals surface area (Å²) in [4.78, 5) is 21.1. The lowest BCUT2D eigenvalue weighted by Gasteiger charge is -2.36. The number of thiophene rings is 1. The maximum atomic E-state index is 13.0. The molecule has 6 nitrogen and oxygen atoms in total. The van der Waals surface area contributed by atoms with Gasteiger partial charge in [-0.3, -0.25) is 9.36 Å². The normalized spacial score (nSPS) is 24.5. The SMILES string of the molecule is CC(O)CCc1cc2ncn(-c3ccc(OC4C[C@H]5CC[C@@H](C4)N5C)cc3)c(=O)c2s1. The molecule has 3 aromatic rings.